The first-order valence-electron chi connectivity index (χ1n) is 2.99. The predicted molar refractivity (Wildman–Crippen MR) is 39.6 cm³/mol. The van der Waals surface area contributed by atoms with Crippen LogP contribution in [0, 0.1) is 0 Å². The van der Waals surface area contributed by atoms with Crippen molar-refractivity contribution in [2.75, 3.05) is 7.11 Å². The lowest BCUT2D eigenvalue weighted by Gasteiger charge is -1.94. The van der Waals surface area contributed by atoms with Gasteiger partial charge >= 0.3 is 0 Å². The predicted octanol–water partition coefficient (Wildman–Crippen LogP) is 1.81. The van der Waals surface area contributed by atoms with Gasteiger partial charge in [-0.05, 0) is 11.6 Å². The Balaban J connectivity index is 2.87. The Morgan fingerprint density at radius 1 is 1.73 bits per heavy atom. The van der Waals surface area contributed by atoms with Crippen molar-refractivity contribution in [3.8, 4) is 0 Å². The molecule has 0 N–H and O–H groups in total. The molecule has 0 bridgehead atoms. The molecule has 0 aliphatic heterocycles. The normalized spacial score (nSPS) is 10.0. The van der Waals surface area contributed by atoms with Gasteiger partial charge in [0.1, 0.15) is 6.26 Å². The van der Waals surface area contributed by atoms with E-state index >= 15 is 0 Å². The number of hydrogen-bond acceptors (Lipinski definition) is 3. The summed E-state index contributed by atoms with van der Waals surface area (Å²) in [6.07, 6.45) is 2.75. The Morgan fingerprint density at radius 2 is 2.45 bits per heavy atom. The van der Waals surface area contributed by atoms with Gasteiger partial charge in [-0.1, -0.05) is 0 Å². The van der Waals surface area contributed by atoms with Gasteiger partial charge in [0.2, 0.25) is 0 Å². The van der Waals surface area contributed by atoms with Crippen LogP contribution < -0.4 is 0 Å². The number of carbonyl (C=O) groups is 1. The summed E-state index contributed by atoms with van der Waals surface area (Å²) in [5.41, 5.74) is 1.04. The Hall–Kier alpha value is -0.800. The fraction of sp³-hybridized carbons (Fsp3) is 0.286. The zero-order valence-corrected chi connectivity index (χ0v) is 6.72. The van der Waals surface area contributed by atoms with Crippen molar-refractivity contribution >= 4 is 16.8 Å². The molecular weight excluding hydrogens is 168 g/mol. The second kappa shape index (κ2) is 3.55. The Labute approximate surface area is 68.9 Å². The smallest absolute Gasteiger partial charge is 0.255 e. The third-order valence-corrected chi connectivity index (χ3v) is 1.46. The minimum atomic E-state index is -0.522. The first kappa shape index (κ1) is 8.30. The monoisotopic (exact) mass is 174 g/mol. The quantitative estimate of drug-likeness (QED) is 0.656. The van der Waals surface area contributed by atoms with Gasteiger partial charge in [0.15, 0.2) is 0 Å². The SMILES string of the molecule is COCc1cocc1C(=O)Cl. The van der Waals surface area contributed by atoms with Crippen LogP contribution in [0.15, 0.2) is 16.9 Å². The average molecular weight is 175 g/mol. The molecule has 0 saturated heterocycles. The summed E-state index contributed by atoms with van der Waals surface area (Å²) in [5, 5.41) is -0.522. The van der Waals surface area contributed by atoms with Crippen LogP contribution in [0.5, 0.6) is 0 Å². The Bertz CT molecular complexity index is 254. The first-order valence-corrected chi connectivity index (χ1v) is 3.37. The maximum Gasteiger partial charge on any atom is 0.255 e. The molecule has 0 unspecified atom stereocenters. The van der Waals surface area contributed by atoms with E-state index in [0.717, 1.165) is 0 Å². The summed E-state index contributed by atoms with van der Waals surface area (Å²) in [5.74, 6) is 0. The molecule has 0 atom stereocenters. The molecule has 0 radical (unpaired) electrons. The van der Waals surface area contributed by atoms with Crippen LogP contribution in [0.1, 0.15) is 15.9 Å². The van der Waals surface area contributed by atoms with E-state index in [1.807, 2.05) is 0 Å². The fourth-order valence-corrected chi connectivity index (χ4v) is 0.929. The molecule has 1 aromatic rings. The first-order chi connectivity index (χ1) is 5.25. The molecule has 0 saturated carbocycles. The molecule has 0 aromatic carbocycles. The Morgan fingerprint density at radius 3 is 3.00 bits per heavy atom. The van der Waals surface area contributed by atoms with Crippen LogP contribution in [0.4, 0.5) is 0 Å². The van der Waals surface area contributed by atoms with Crippen molar-refractivity contribution in [2.45, 2.75) is 6.61 Å². The third kappa shape index (κ3) is 1.82. The van der Waals surface area contributed by atoms with Crippen molar-refractivity contribution in [3.05, 3.63) is 23.7 Å². The summed E-state index contributed by atoms with van der Waals surface area (Å²) in [4.78, 5) is 10.7. The van der Waals surface area contributed by atoms with E-state index in [4.69, 9.17) is 20.8 Å². The highest BCUT2D eigenvalue weighted by Crippen LogP contribution is 2.13. The van der Waals surface area contributed by atoms with Crippen LogP contribution in [-0.2, 0) is 11.3 Å². The molecule has 60 valence electrons. The van der Waals surface area contributed by atoms with Crippen molar-refractivity contribution in [1.29, 1.82) is 0 Å². The molecule has 0 fully saturated rings. The lowest BCUT2D eigenvalue weighted by Crippen LogP contribution is -1.93. The zero-order chi connectivity index (χ0) is 8.27. The molecule has 1 rings (SSSR count). The Kier molecular flexibility index (Phi) is 2.68. The number of halogens is 1. The lowest BCUT2D eigenvalue weighted by atomic mass is 10.2. The molecule has 1 aromatic heterocycles. The van der Waals surface area contributed by atoms with Gasteiger partial charge in [-0.15, -0.1) is 0 Å². The lowest BCUT2D eigenvalue weighted by molar-refractivity contribution is 0.107. The van der Waals surface area contributed by atoms with Crippen molar-refractivity contribution in [1.82, 2.24) is 0 Å². The minimum Gasteiger partial charge on any atom is -0.471 e. The summed E-state index contributed by atoms with van der Waals surface area (Å²) in [6.45, 7) is 0.338. The average Bonchev–Trinajstić information content (AvgIpc) is 2.36. The van der Waals surface area contributed by atoms with Crippen LogP contribution in [0.25, 0.3) is 0 Å². The number of carbonyl (C=O) groups excluding carboxylic acids is 1. The number of ether oxygens (including phenoxy) is 1. The summed E-state index contributed by atoms with van der Waals surface area (Å²) in [6, 6.07) is 0. The van der Waals surface area contributed by atoms with Gasteiger partial charge < -0.3 is 9.15 Å². The molecular formula is C7H7ClO3. The van der Waals surface area contributed by atoms with Crippen molar-refractivity contribution in [2.24, 2.45) is 0 Å². The second-order valence-electron chi connectivity index (χ2n) is 2.02. The van der Waals surface area contributed by atoms with E-state index < -0.39 is 5.24 Å². The molecule has 0 spiro atoms. The van der Waals surface area contributed by atoms with Crippen molar-refractivity contribution < 1.29 is 13.9 Å². The van der Waals surface area contributed by atoms with E-state index in [0.29, 0.717) is 17.7 Å². The maximum absolute atomic E-state index is 10.7. The number of furan rings is 1. The van der Waals surface area contributed by atoms with E-state index in [-0.39, 0.29) is 0 Å². The van der Waals surface area contributed by atoms with Gasteiger partial charge in [0.25, 0.3) is 5.24 Å². The summed E-state index contributed by atoms with van der Waals surface area (Å²) < 4.78 is 9.58. The van der Waals surface area contributed by atoms with Crippen molar-refractivity contribution in [3.63, 3.8) is 0 Å². The van der Waals surface area contributed by atoms with E-state index in [1.165, 1.54) is 19.6 Å². The van der Waals surface area contributed by atoms with Gasteiger partial charge in [0, 0.05) is 12.7 Å². The summed E-state index contributed by atoms with van der Waals surface area (Å²) in [7, 11) is 1.54. The van der Waals surface area contributed by atoms with E-state index in [1.54, 1.807) is 0 Å². The highest BCUT2D eigenvalue weighted by atomic mass is 35.5. The summed E-state index contributed by atoms with van der Waals surface area (Å²) >= 11 is 5.23. The highest BCUT2D eigenvalue weighted by Gasteiger charge is 2.10. The molecule has 0 aliphatic rings. The third-order valence-electron chi connectivity index (χ3n) is 1.25. The fourth-order valence-electron chi connectivity index (χ4n) is 0.763. The number of methoxy groups -OCH3 is 1. The number of rotatable bonds is 3. The molecule has 0 aliphatic carbocycles. The topological polar surface area (TPSA) is 39.4 Å². The minimum absolute atomic E-state index is 0.338. The van der Waals surface area contributed by atoms with Gasteiger partial charge in [-0.25, -0.2) is 0 Å². The number of hydrogen-bond donors (Lipinski definition) is 0. The van der Waals surface area contributed by atoms with E-state index in [2.05, 4.69) is 0 Å². The zero-order valence-electron chi connectivity index (χ0n) is 5.96. The maximum atomic E-state index is 10.7. The molecule has 3 nitrogen and oxygen atoms in total. The van der Waals surface area contributed by atoms with Crippen LogP contribution in [-0.4, -0.2) is 12.4 Å². The largest absolute Gasteiger partial charge is 0.471 e. The van der Waals surface area contributed by atoms with Crippen LogP contribution in [0.2, 0.25) is 0 Å². The van der Waals surface area contributed by atoms with Gasteiger partial charge in [-0.2, -0.15) is 0 Å². The highest BCUT2D eigenvalue weighted by molar-refractivity contribution is 6.67. The molecule has 4 heteroatoms. The van der Waals surface area contributed by atoms with E-state index in [9.17, 15) is 4.79 Å². The van der Waals surface area contributed by atoms with Crippen LogP contribution in [0.3, 0.4) is 0 Å². The molecule has 1 heterocycles. The standard InChI is InChI=1S/C7H7ClO3/c1-10-2-5-3-11-4-6(5)7(8)9/h3-4H,2H2,1H3. The van der Waals surface area contributed by atoms with Gasteiger partial charge in [0.05, 0.1) is 18.4 Å². The molecule has 0 amide bonds. The van der Waals surface area contributed by atoms with Gasteiger partial charge in [-0.3, -0.25) is 4.79 Å². The molecule has 11 heavy (non-hydrogen) atoms. The second-order valence-corrected chi connectivity index (χ2v) is 2.36. The van der Waals surface area contributed by atoms with Crippen LogP contribution >= 0.6 is 11.6 Å².